The lowest BCUT2D eigenvalue weighted by atomic mass is 9.63. The van der Waals surface area contributed by atoms with Gasteiger partial charge in [-0.25, -0.2) is 0 Å². The van der Waals surface area contributed by atoms with Crippen molar-refractivity contribution < 1.29 is 9.53 Å². The number of hydrogen-bond acceptors (Lipinski definition) is 3. The maximum atomic E-state index is 12.2. The third-order valence-corrected chi connectivity index (χ3v) is 3.72. The van der Waals surface area contributed by atoms with Crippen LogP contribution in [0, 0.1) is 29.6 Å². The number of anilines is 1. The normalized spacial score (nSPS) is 25.1. The standard InChI is InChI=1S/C15H18N2O2/c1-10-7-15(8-10,9-16)14(18)17-13-5-4-12(19-3)6-11(13)2/h4-6,10H,7-8H2,1-3H3,(H,17,18). The van der Waals surface area contributed by atoms with Gasteiger partial charge in [0.15, 0.2) is 0 Å². The van der Waals surface area contributed by atoms with Crippen LogP contribution in [0.3, 0.4) is 0 Å². The summed E-state index contributed by atoms with van der Waals surface area (Å²) in [5.41, 5.74) is 0.819. The van der Waals surface area contributed by atoms with Gasteiger partial charge in [0.25, 0.3) is 0 Å². The summed E-state index contributed by atoms with van der Waals surface area (Å²) < 4.78 is 5.12. The summed E-state index contributed by atoms with van der Waals surface area (Å²) in [6, 6.07) is 7.63. The summed E-state index contributed by atoms with van der Waals surface area (Å²) in [5, 5.41) is 12.1. The minimum absolute atomic E-state index is 0.193. The van der Waals surface area contributed by atoms with E-state index < -0.39 is 5.41 Å². The molecule has 1 aromatic carbocycles. The van der Waals surface area contributed by atoms with Gasteiger partial charge in [0.05, 0.1) is 13.2 Å². The van der Waals surface area contributed by atoms with Crippen LogP contribution < -0.4 is 10.1 Å². The molecule has 1 N–H and O–H groups in total. The molecule has 0 radical (unpaired) electrons. The van der Waals surface area contributed by atoms with Crippen molar-refractivity contribution in [2.24, 2.45) is 11.3 Å². The molecule has 1 aliphatic rings. The van der Waals surface area contributed by atoms with Crippen LogP contribution in [0.15, 0.2) is 18.2 Å². The average molecular weight is 258 g/mol. The lowest BCUT2D eigenvalue weighted by Crippen LogP contribution is -2.45. The number of nitrogens with zero attached hydrogens (tertiary/aromatic N) is 1. The summed E-state index contributed by atoms with van der Waals surface area (Å²) in [5.74, 6) is 1.01. The quantitative estimate of drug-likeness (QED) is 0.906. The number of nitriles is 1. The fourth-order valence-corrected chi connectivity index (χ4v) is 2.60. The highest BCUT2D eigenvalue weighted by atomic mass is 16.5. The third kappa shape index (κ3) is 2.41. The average Bonchev–Trinajstić information content (AvgIpc) is 2.36. The Morgan fingerprint density at radius 2 is 2.21 bits per heavy atom. The summed E-state index contributed by atoms with van der Waals surface area (Å²) in [6.07, 6.45) is 1.29. The van der Waals surface area contributed by atoms with Gasteiger partial charge in [-0.2, -0.15) is 5.26 Å². The van der Waals surface area contributed by atoms with E-state index in [4.69, 9.17) is 4.74 Å². The first-order valence-electron chi connectivity index (χ1n) is 6.38. The number of nitrogens with one attached hydrogen (secondary N) is 1. The molecule has 0 unspecified atom stereocenters. The maximum Gasteiger partial charge on any atom is 0.244 e. The molecule has 2 rings (SSSR count). The molecule has 4 nitrogen and oxygen atoms in total. The first-order valence-corrected chi connectivity index (χ1v) is 6.38. The van der Waals surface area contributed by atoms with Gasteiger partial charge in [0, 0.05) is 5.69 Å². The monoisotopic (exact) mass is 258 g/mol. The second-order valence-electron chi connectivity index (χ2n) is 5.34. The number of ether oxygens (including phenoxy) is 1. The maximum absolute atomic E-state index is 12.2. The summed E-state index contributed by atoms with van der Waals surface area (Å²) >= 11 is 0. The second-order valence-corrected chi connectivity index (χ2v) is 5.34. The van der Waals surface area contributed by atoms with Gasteiger partial charge in [-0.05, 0) is 49.4 Å². The molecule has 0 aromatic heterocycles. The number of amides is 1. The molecule has 0 heterocycles. The van der Waals surface area contributed by atoms with Crippen molar-refractivity contribution in [3.8, 4) is 11.8 Å². The Hall–Kier alpha value is -2.02. The predicted octanol–water partition coefficient (Wildman–Crippen LogP) is 2.88. The van der Waals surface area contributed by atoms with Crippen molar-refractivity contribution in [3.63, 3.8) is 0 Å². The van der Waals surface area contributed by atoms with Crippen molar-refractivity contribution in [2.75, 3.05) is 12.4 Å². The molecule has 4 heteroatoms. The Morgan fingerprint density at radius 1 is 1.53 bits per heavy atom. The molecular formula is C15H18N2O2. The molecule has 0 aliphatic heterocycles. The van der Waals surface area contributed by atoms with Crippen LogP contribution in [0.1, 0.15) is 25.3 Å². The first kappa shape index (κ1) is 13.4. The molecule has 1 aliphatic carbocycles. The molecule has 0 atom stereocenters. The van der Waals surface area contributed by atoms with E-state index in [1.807, 2.05) is 13.0 Å². The van der Waals surface area contributed by atoms with Crippen molar-refractivity contribution >= 4 is 11.6 Å². The smallest absolute Gasteiger partial charge is 0.244 e. The Kier molecular flexibility index (Phi) is 3.48. The molecule has 1 aromatic rings. The van der Waals surface area contributed by atoms with Gasteiger partial charge < -0.3 is 10.1 Å². The van der Waals surface area contributed by atoms with E-state index >= 15 is 0 Å². The fourth-order valence-electron chi connectivity index (χ4n) is 2.60. The van der Waals surface area contributed by atoms with Crippen LogP contribution in [0.4, 0.5) is 5.69 Å². The largest absolute Gasteiger partial charge is 0.497 e. The van der Waals surface area contributed by atoms with Crippen LogP contribution in [-0.2, 0) is 4.79 Å². The molecule has 19 heavy (non-hydrogen) atoms. The Balaban J connectivity index is 2.14. The Bertz CT molecular complexity index is 540. The van der Waals surface area contributed by atoms with E-state index in [1.165, 1.54) is 0 Å². The number of carbonyl (C=O) groups is 1. The summed E-state index contributed by atoms with van der Waals surface area (Å²) in [4.78, 5) is 12.2. The van der Waals surface area contributed by atoms with Gasteiger partial charge in [-0.15, -0.1) is 0 Å². The van der Waals surface area contributed by atoms with Crippen LogP contribution in [0.25, 0.3) is 0 Å². The van der Waals surface area contributed by atoms with E-state index in [9.17, 15) is 10.1 Å². The van der Waals surface area contributed by atoms with Gasteiger partial charge in [-0.3, -0.25) is 4.79 Å². The van der Waals surface area contributed by atoms with Crippen LogP contribution in [-0.4, -0.2) is 13.0 Å². The topological polar surface area (TPSA) is 62.1 Å². The van der Waals surface area contributed by atoms with Gasteiger partial charge in [-0.1, -0.05) is 6.92 Å². The Labute approximate surface area is 113 Å². The Morgan fingerprint density at radius 3 is 2.68 bits per heavy atom. The zero-order valence-corrected chi connectivity index (χ0v) is 11.5. The number of benzene rings is 1. The first-order chi connectivity index (χ1) is 9.00. The van der Waals surface area contributed by atoms with E-state index in [0.29, 0.717) is 18.8 Å². The lowest BCUT2D eigenvalue weighted by Gasteiger charge is -2.39. The number of carbonyl (C=O) groups excluding carboxylic acids is 1. The number of aryl methyl sites for hydroxylation is 1. The zero-order chi connectivity index (χ0) is 14.0. The molecule has 1 saturated carbocycles. The molecule has 100 valence electrons. The third-order valence-electron chi connectivity index (χ3n) is 3.72. The van der Waals surface area contributed by atoms with Crippen molar-refractivity contribution in [3.05, 3.63) is 23.8 Å². The minimum atomic E-state index is -0.841. The summed E-state index contributed by atoms with van der Waals surface area (Å²) in [6.45, 7) is 3.96. The molecule has 1 fully saturated rings. The fraction of sp³-hybridized carbons (Fsp3) is 0.467. The second kappa shape index (κ2) is 4.93. The predicted molar refractivity (Wildman–Crippen MR) is 72.8 cm³/mol. The van der Waals surface area contributed by atoms with Crippen molar-refractivity contribution in [1.82, 2.24) is 0 Å². The van der Waals surface area contributed by atoms with E-state index in [2.05, 4.69) is 18.3 Å². The highest BCUT2D eigenvalue weighted by Gasteiger charge is 2.49. The number of hydrogen-bond donors (Lipinski definition) is 1. The molecule has 0 spiro atoms. The van der Waals surface area contributed by atoms with E-state index in [1.54, 1.807) is 19.2 Å². The number of rotatable bonds is 3. The van der Waals surface area contributed by atoms with Crippen molar-refractivity contribution in [1.29, 1.82) is 5.26 Å². The van der Waals surface area contributed by atoms with Crippen LogP contribution >= 0.6 is 0 Å². The molecule has 0 saturated heterocycles. The molecular weight excluding hydrogens is 240 g/mol. The van der Waals surface area contributed by atoms with Gasteiger partial charge >= 0.3 is 0 Å². The minimum Gasteiger partial charge on any atom is -0.497 e. The van der Waals surface area contributed by atoms with E-state index in [-0.39, 0.29) is 5.91 Å². The lowest BCUT2D eigenvalue weighted by molar-refractivity contribution is -0.128. The highest BCUT2D eigenvalue weighted by molar-refractivity contribution is 5.98. The van der Waals surface area contributed by atoms with Crippen molar-refractivity contribution in [2.45, 2.75) is 26.7 Å². The van der Waals surface area contributed by atoms with Gasteiger partial charge in [0.2, 0.25) is 5.91 Å². The molecule has 0 bridgehead atoms. The SMILES string of the molecule is COc1ccc(NC(=O)C2(C#N)CC(C)C2)c(C)c1. The summed E-state index contributed by atoms with van der Waals surface area (Å²) in [7, 11) is 1.60. The number of methoxy groups -OCH3 is 1. The van der Waals surface area contributed by atoms with Crippen LogP contribution in [0.5, 0.6) is 5.75 Å². The zero-order valence-electron chi connectivity index (χ0n) is 11.5. The molecule has 1 amide bonds. The van der Waals surface area contributed by atoms with Gasteiger partial charge in [0.1, 0.15) is 11.2 Å². The van der Waals surface area contributed by atoms with Crippen LogP contribution in [0.2, 0.25) is 0 Å². The highest BCUT2D eigenvalue weighted by Crippen LogP contribution is 2.45. The van der Waals surface area contributed by atoms with E-state index in [0.717, 1.165) is 17.0 Å².